The van der Waals surface area contributed by atoms with Gasteiger partial charge in [0.2, 0.25) is 5.91 Å². The highest BCUT2D eigenvalue weighted by Gasteiger charge is 2.55. The average Bonchev–Trinajstić information content (AvgIpc) is 3.56. The van der Waals surface area contributed by atoms with E-state index in [0.29, 0.717) is 18.3 Å². The van der Waals surface area contributed by atoms with E-state index in [0.717, 1.165) is 57.1 Å². The molecule has 4 saturated carbocycles. The number of nitrogens with one attached hydrogen (secondary N) is 1. The summed E-state index contributed by atoms with van der Waals surface area (Å²) in [5.74, 6) is 0.922. The van der Waals surface area contributed by atoms with Crippen LogP contribution in [0.5, 0.6) is 5.75 Å². The lowest BCUT2D eigenvalue weighted by Crippen LogP contribution is -2.54. The van der Waals surface area contributed by atoms with Gasteiger partial charge in [-0.2, -0.15) is 0 Å². The van der Waals surface area contributed by atoms with Gasteiger partial charge in [0.05, 0.1) is 18.5 Å². The summed E-state index contributed by atoms with van der Waals surface area (Å²) in [5, 5.41) is 12.7. The van der Waals surface area contributed by atoms with Gasteiger partial charge in [-0.25, -0.2) is 4.39 Å². The Labute approximate surface area is 172 Å². The zero-order chi connectivity index (χ0) is 20.5. The molecule has 0 atom stereocenters. The Hall–Kier alpha value is -1.88. The number of benzene rings is 1. The van der Waals surface area contributed by atoms with Crippen molar-refractivity contribution in [2.24, 2.45) is 5.41 Å². The number of ether oxygens (including phenoxy) is 1. The van der Waals surface area contributed by atoms with Crippen molar-refractivity contribution >= 4 is 5.91 Å². The minimum absolute atomic E-state index is 0.0496. The molecule has 1 aromatic rings. The first-order valence-corrected chi connectivity index (χ1v) is 10.9. The Balaban J connectivity index is 1.38. The quantitative estimate of drug-likeness (QED) is 0.671. The molecule has 4 nitrogen and oxygen atoms in total. The van der Waals surface area contributed by atoms with E-state index >= 15 is 0 Å². The third-order valence-corrected chi connectivity index (χ3v) is 7.76. The van der Waals surface area contributed by atoms with Crippen LogP contribution in [0.15, 0.2) is 36.2 Å². The van der Waals surface area contributed by atoms with Gasteiger partial charge in [-0.1, -0.05) is 19.1 Å². The Bertz CT molecular complexity index is 757. The van der Waals surface area contributed by atoms with Gasteiger partial charge in [0, 0.05) is 5.41 Å². The van der Waals surface area contributed by atoms with Gasteiger partial charge in [-0.3, -0.25) is 4.79 Å². The molecule has 0 radical (unpaired) electrons. The van der Waals surface area contributed by atoms with Crippen molar-refractivity contribution in [3.63, 3.8) is 0 Å². The van der Waals surface area contributed by atoms with E-state index in [2.05, 4.69) is 17.4 Å². The number of carbonyl (C=O) groups excluding carboxylic acids is 1. The van der Waals surface area contributed by atoms with Crippen LogP contribution in [0.25, 0.3) is 0 Å². The second-order valence-electron chi connectivity index (χ2n) is 9.39. The van der Waals surface area contributed by atoms with Gasteiger partial charge in [0.25, 0.3) is 0 Å². The number of halogens is 1. The van der Waals surface area contributed by atoms with E-state index in [1.54, 1.807) is 0 Å². The number of rotatable bonds is 8. The first-order chi connectivity index (χ1) is 14.0. The summed E-state index contributed by atoms with van der Waals surface area (Å²) >= 11 is 0. The smallest absolute Gasteiger partial charge is 0.226 e. The fraction of sp³-hybridized carbons (Fsp3) is 0.625. The fourth-order valence-electron chi connectivity index (χ4n) is 5.10. The number of aliphatic hydroxyl groups excluding tert-OH is 1. The van der Waals surface area contributed by atoms with Gasteiger partial charge >= 0.3 is 0 Å². The molecular formula is C24H32FNO3. The van der Waals surface area contributed by atoms with Crippen LogP contribution in [0.1, 0.15) is 70.3 Å². The van der Waals surface area contributed by atoms with Crippen LogP contribution >= 0.6 is 0 Å². The molecule has 2 N–H and O–H groups in total. The third-order valence-electron chi connectivity index (χ3n) is 7.76. The Kier molecular flexibility index (Phi) is 5.45. The van der Waals surface area contributed by atoms with Gasteiger partial charge in [-0.05, 0) is 86.5 Å². The molecule has 29 heavy (non-hydrogen) atoms. The molecule has 5 heteroatoms. The summed E-state index contributed by atoms with van der Waals surface area (Å²) < 4.78 is 18.4. The monoisotopic (exact) mass is 401 g/mol. The van der Waals surface area contributed by atoms with Gasteiger partial charge < -0.3 is 15.2 Å². The molecule has 1 aromatic carbocycles. The molecule has 4 aliphatic rings. The van der Waals surface area contributed by atoms with Crippen molar-refractivity contribution in [2.45, 2.75) is 75.7 Å². The molecule has 4 fully saturated rings. The minimum Gasteiger partial charge on any atom is -0.489 e. The van der Waals surface area contributed by atoms with Crippen molar-refractivity contribution in [3.8, 4) is 5.75 Å². The molecule has 4 aliphatic carbocycles. The molecule has 0 unspecified atom stereocenters. The SMILES string of the molecule is CCC(=CF)COc1ccc(C23CCC(C(=O)NC4(CO)CC4)(CC2)CC3)cc1. The Morgan fingerprint density at radius 2 is 1.72 bits per heavy atom. The zero-order valence-electron chi connectivity index (χ0n) is 17.3. The van der Waals surface area contributed by atoms with Crippen LogP contribution in [0.2, 0.25) is 0 Å². The largest absolute Gasteiger partial charge is 0.489 e. The van der Waals surface area contributed by atoms with E-state index in [4.69, 9.17) is 4.74 Å². The standard InChI is InChI=1S/C24H32FNO3/c1-2-18(15-25)16-29-20-5-3-19(4-6-20)22-7-10-23(11-8-22,12-9-22)21(28)26-24(17-27)13-14-24/h3-6,15,27H,2,7-14,16-17H2,1H3,(H,26,28). The van der Waals surface area contributed by atoms with E-state index in [-0.39, 0.29) is 35.5 Å². The number of aliphatic hydroxyl groups is 1. The molecule has 0 spiro atoms. The molecule has 0 heterocycles. The topological polar surface area (TPSA) is 58.6 Å². The van der Waals surface area contributed by atoms with Gasteiger partial charge in [0.1, 0.15) is 12.4 Å². The first-order valence-electron chi connectivity index (χ1n) is 10.9. The normalized spacial score (nSPS) is 30.1. The lowest BCUT2D eigenvalue weighted by atomic mass is 9.51. The van der Waals surface area contributed by atoms with Crippen molar-refractivity contribution in [3.05, 3.63) is 41.7 Å². The first kappa shape index (κ1) is 20.4. The second-order valence-corrected chi connectivity index (χ2v) is 9.39. The third kappa shape index (κ3) is 3.81. The molecule has 0 aliphatic heterocycles. The predicted molar refractivity (Wildman–Crippen MR) is 110 cm³/mol. The van der Waals surface area contributed by atoms with E-state index in [1.807, 2.05) is 19.1 Å². The van der Waals surface area contributed by atoms with Gasteiger partial charge in [0.15, 0.2) is 0 Å². The number of hydrogen-bond acceptors (Lipinski definition) is 3. The Morgan fingerprint density at radius 3 is 2.21 bits per heavy atom. The second kappa shape index (κ2) is 7.75. The summed E-state index contributed by atoms with van der Waals surface area (Å²) in [7, 11) is 0. The molecule has 0 aromatic heterocycles. The summed E-state index contributed by atoms with van der Waals surface area (Å²) in [5.41, 5.74) is 1.55. The van der Waals surface area contributed by atoms with Crippen LogP contribution < -0.4 is 10.1 Å². The van der Waals surface area contributed by atoms with Crippen LogP contribution in [-0.2, 0) is 10.2 Å². The molecule has 158 valence electrons. The highest BCUT2D eigenvalue weighted by Crippen LogP contribution is 2.58. The predicted octanol–water partition coefficient (Wildman–Crippen LogP) is 4.56. The van der Waals surface area contributed by atoms with Crippen LogP contribution in [0.3, 0.4) is 0 Å². The van der Waals surface area contributed by atoms with Crippen molar-refractivity contribution in [1.29, 1.82) is 0 Å². The van der Waals surface area contributed by atoms with Crippen LogP contribution in [-0.4, -0.2) is 29.8 Å². The summed E-state index contributed by atoms with van der Waals surface area (Å²) in [6, 6.07) is 8.25. The summed E-state index contributed by atoms with van der Waals surface area (Å²) in [6.07, 6.45) is 8.89. The molecule has 2 bridgehead atoms. The van der Waals surface area contributed by atoms with Crippen molar-refractivity contribution in [2.75, 3.05) is 13.2 Å². The molecule has 1 amide bonds. The summed E-state index contributed by atoms with van der Waals surface area (Å²) in [6.45, 7) is 2.25. The maximum absolute atomic E-state index is 13.0. The van der Waals surface area contributed by atoms with E-state index in [9.17, 15) is 14.3 Å². The average molecular weight is 402 g/mol. The van der Waals surface area contributed by atoms with Crippen molar-refractivity contribution < 1.29 is 19.0 Å². The number of carbonyl (C=O) groups is 1. The maximum atomic E-state index is 13.0. The highest BCUT2D eigenvalue weighted by molar-refractivity contribution is 5.84. The molecule has 5 rings (SSSR count). The van der Waals surface area contributed by atoms with E-state index < -0.39 is 0 Å². The number of amides is 1. The molecule has 0 saturated heterocycles. The Morgan fingerprint density at radius 1 is 1.10 bits per heavy atom. The molecular weight excluding hydrogens is 369 g/mol. The van der Waals surface area contributed by atoms with E-state index in [1.165, 1.54) is 5.56 Å². The number of hydrogen-bond donors (Lipinski definition) is 2. The van der Waals surface area contributed by atoms with Gasteiger partial charge in [-0.15, -0.1) is 0 Å². The maximum Gasteiger partial charge on any atom is 0.226 e. The minimum atomic E-state index is -0.331. The zero-order valence-corrected chi connectivity index (χ0v) is 17.3. The van der Waals surface area contributed by atoms with Crippen LogP contribution in [0, 0.1) is 5.41 Å². The number of fused-ring (bicyclic) bond motifs is 3. The lowest BCUT2D eigenvalue weighted by molar-refractivity contribution is -0.139. The summed E-state index contributed by atoms with van der Waals surface area (Å²) in [4.78, 5) is 13.0. The van der Waals surface area contributed by atoms with Crippen molar-refractivity contribution in [1.82, 2.24) is 5.32 Å². The lowest BCUT2D eigenvalue weighted by Gasteiger charge is -2.53. The highest BCUT2D eigenvalue weighted by atomic mass is 19.1. The van der Waals surface area contributed by atoms with Crippen LogP contribution in [0.4, 0.5) is 4.39 Å². The fourth-order valence-corrected chi connectivity index (χ4v) is 5.10.